The van der Waals surface area contributed by atoms with Gasteiger partial charge in [0.1, 0.15) is 0 Å². The van der Waals surface area contributed by atoms with Crippen LogP contribution in [-0.4, -0.2) is 36.4 Å². The Morgan fingerprint density at radius 1 is 0.375 bits per heavy atom. The van der Waals surface area contributed by atoms with E-state index < -0.39 is 17.2 Å². The third-order valence-electron chi connectivity index (χ3n) is 22.9. The van der Waals surface area contributed by atoms with Gasteiger partial charge < -0.3 is 9.05 Å². The molecule has 2 aliphatic heterocycles. The molecule has 0 aromatic carbocycles. The lowest BCUT2D eigenvalue weighted by Crippen LogP contribution is -2.56. The van der Waals surface area contributed by atoms with Crippen molar-refractivity contribution in [1.29, 1.82) is 0 Å². The van der Waals surface area contributed by atoms with Crippen molar-refractivity contribution in [3.63, 3.8) is 0 Å². The average Bonchev–Trinajstić information content (AvgIpc) is 3.55. The molecular weight excluding hydrogens is 935 g/mol. The van der Waals surface area contributed by atoms with Crippen molar-refractivity contribution in [2.45, 2.75) is 240 Å². The lowest BCUT2D eigenvalue weighted by Gasteiger charge is -2.56. The quantitative estimate of drug-likeness (QED) is 0.252. The molecule has 0 N–H and O–H groups in total. The van der Waals surface area contributed by atoms with Gasteiger partial charge in [-0.05, 0) is 180 Å². The molecule has 6 saturated carbocycles. The molecule has 414 valence electrons. The third-order valence-corrected chi connectivity index (χ3v) is 25.2. The molecule has 2 saturated heterocycles. The van der Waals surface area contributed by atoms with Gasteiger partial charge in [-0.1, -0.05) is 164 Å². The molecule has 2 heterocycles. The van der Waals surface area contributed by atoms with Crippen LogP contribution >= 0.6 is 17.2 Å². The van der Waals surface area contributed by atoms with Crippen LogP contribution in [0.5, 0.6) is 0 Å². The molecule has 0 aromatic rings. The molecule has 0 spiro atoms. The van der Waals surface area contributed by atoms with E-state index in [0.717, 1.165) is 77.0 Å². The summed E-state index contributed by atoms with van der Waals surface area (Å²) in [5.74, 6) is 5.79. The molecule has 8 nitrogen and oxygen atoms in total. The maximum Gasteiger partial charge on any atom is 0.400 e. The first kappa shape index (κ1) is 57.8. The molecule has 8 aliphatic rings. The standard InChI is InChI=1S/C62H108O8P2/c1-33-29-45(59(9,10)11)53-49(37(33)5)50-38(6)34(2)30-46(60(12,13)14)54(50)66-71(65-53)69-57(63)43-27-23-21-25-41(43)42-26-22-24-28-44(42)58(64)70-72-67-55-47(61(15,16)17)31-35(3)39(7)51(55)52-40(8)36(4)32-48(56(52)68-72)62(18,19)20/h33-56H,21-32H2,1-20H3/t33-,34?,35-,36?,37-,38?,39-,40?,41?,42?,43?,44?,45?,46-,47?,48-,49?,50?,51?,52?,53?,54?,55?,56?,71?,72?/m1/s1. The van der Waals surface area contributed by atoms with Gasteiger partial charge >= 0.3 is 29.1 Å². The fraction of sp³-hybridized carbons (Fsp3) is 0.968. The fourth-order valence-electron chi connectivity index (χ4n) is 17.8. The zero-order chi connectivity index (χ0) is 52.9. The highest BCUT2D eigenvalue weighted by atomic mass is 31.2. The highest BCUT2D eigenvalue weighted by Crippen LogP contribution is 2.67. The molecule has 0 aromatic heterocycles. The van der Waals surface area contributed by atoms with Crippen molar-refractivity contribution < 1.29 is 36.7 Å². The van der Waals surface area contributed by atoms with Crippen LogP contribution in [0.2, 0.25) is 0 Å². The van der Waals surface area contributed by atoms with Gasteiger partial charge in [0, 0.05) is 0 Å². The van der Waals surface area contributed by atoms with Gasteiger partial charge in [0.15, 0.2) is 0 Å². The Labute approximate surface area is 443 Å². The van der Waals surface area contributed by atoms with Gasteiger partial charge in [0.2, 0.25) is 0 Å². The predicted molar refractivity (Wildman–Crippen MR) is 294 cm³/mol. The average molecular weight is 1040 g/mol. The summed E-state index contributed by atoms with van der Waals surface area (Å²) in [6, 6.07) is 0. The van der Waals surface area contributed by atoms with E-state index in [1.807, 2.05) is 0 Å². The summed E-state index contributed by atoms with van der Waals surface area (Å²) in [4.78, 5) is 30.5. The largest absolute Gasteiger partial charge is 0.400 e. The second-order valence-corrected chi connectivity index (χ2v) is 33.2. The van der Waals surface area contributed by atoms with Gasteiger partial charge in [-0.15, -0.1) is 0 Å². The van der Waals surface area contributed by atoms with Crippen LogP contribution < -0.4 is 0 Å². The first-order chi connectivity index (χ1) is 33.4. The monoisotopic (exact) mass is 1040 g/mol. The zero-order valence-corrected chi connectivity index (χ0v) is 51.3. The Bertz CT molecular complexity index is 1630. The van der Waals surface area contributed by atoms with E-state index in [2.05, 4.69) is 138 Å². The van der Waals surface area contributed by atoms with Gasteiger partial charge in [0.25, 0.3) is 0 Å². The van der Waals surface area contributed by atoms with Crippen LogP contribution in [-0.2, 0) is 36.7 Å². The van der Waals surface area contributed by atoms with E-state index >= 15 is 9.59 Å². The number of carbonyl (C=O) groups is 2. The van der Waals surface area contributed by atoms with Crippen LogP contribution in [0.15, 0.2) is 0 Å². The molecule has 72 heavy (non-hydrogen) atoms. The molecule has 0 radical (unpaired) electrons. The Morgan fingerprint density at radius 2 is 0.597 bits per heavy atom. The normalized spacial score (nSPS) is 48.6. The minimum absolute atomic E-state index is 0.0230. The maximum absolute atomic E-state index is 15.2. The summed E-state index contributed by atoms with van der Waals surface area (Å²) < 4.78 is 43.1. The molecule has 10 heteroatoms. The highest BCUT2D eigenvalue weighted by molar-refractivity contribution is 7.42. The smallest absolute Gasteiger partial charge is 0.394 e. The fourth-order valence-corrected chi connectivity index (χ4v) is 20.5. The van der Waals surface area contributed by atoms with Crippen LogP contribution in [0.25, 0.3) is 0 Å². The SMILES string of the molecule is CC1C[C@@H](C(C)(C)C)C2OP(OC(=O)C3CCCCC3C3CCCCC3C(=O)OP3OC4C(C5C(C)C(C)C[C@@H](C(C)(C)C)C5O3)[C@H](C)[C@H](C)CC4C(C)(C)C)OC3C(C2C1C)[C@H](C)[C@H](C)CC3C(C)(C)C. The van der Waals surface area contributed by atoms with E-state index in [0.29, 0.717) is 94.7 Å². The predicted octanol–water partition coefficient (Wildman–Crippen LogP) is 17.5. The van der Waals surface area contributed by atoms with Gasteiger partial charge in [0.05, 0.1) is 36.3 Å². The van der Waals surface area contributed by atoms with E-state index in [9.17, 15) is 0 Å². The molecular formula is C62H108O8P2. The van der Waals surface area contributed by atoms with E-state index in [4.69, 9.17) is 27.1 Å². The summed E-state index contributed by atoms with van der Waals surface area (Å²) in [5, 5.41) is 0. The summed E-state index contributed by atoms with van der Waals surface area (Å²) in [6.07, 6.45) is 11.6. The van der Waals surface area contributed by atoms with Crippen LogP contribution in [0, 0.1) is 140 Å². The first-order valence-electron chi connectivity index (χ1n) is 30.1. The molecule has 6 aliphatic carbocycles. The molecule has 8 fully saturated rings. The number of carbonyl (C=O) groups excluding carboxylic acids is 2. The molecule has 26 atom stereocenters. The number of fused-ring (bicyclic) bond motifs is 6. The Morgan fingerprint density at radius 3 is 0.819 bits per heavy atom. The highest BCUT2D eigenvalue weighted by Gasteiger charge is 2.62. The Kier molecular flexibility index (Phi) is 17.4. The minimum Gasteiger partial charge on any atom is -0.394 e. The molecule has 8 rings (SSSR count). The van der Waals surface area contributed by atoms with Crippen molar-refractivity contribution in [2.75, 3.05) is 0 Å². The Balaban J connectivity index is 1.07. The van der Waals surface area contributed by atoms with Gasteiger partial charge in [-0.25, -0.2) is 0 Å². The second-order valence-electron chi connectivity index (χ2n) is 31.1. The zero-order valence-electron chi connectivity index (χ0n) is 49.5. The van der Waals surface area contributed by atoms with Crippen LogP contribution in [0.4, 0.5) is 0 Å². The Hall–Kier alpha value is -0.360. The minimum atomic E-state index is -1.96. The number of hydrogen-bond acceptors (Lipinski definition) is 8. The lowest BCUT2D eigenvalue weighted by atomic mass is 9.51. The van der Waals surface area contributed by atoms with E-state index in [-0.39, 0.29) is 81.7 Å². The third kappa shape index (κ3) is 11.4. The van der Waals surface area contributed by atoms with E-state index in [1.54, 1.807) is 0 Å². The number of rotatable bonds is 5. The van der Waals surface area contributed by atoms with Crippen molar-refractivity contribution in [1.82, 2.24) is 0 Å². The summed E-state index contributed by atoms with van der Waals surface area (Å²) in [5.41, 5.74) is 0.0919. The van der Waals surface area contributed by atoms with E-state index in [1.165, 1.54) is 0 Å². The topological polar surface area (TPSA) is 89.5 Å². The van der Waals surface area contributed by atoms with Crippen molar-refractivity contribution >= 4 is 29.1 Å². The lowest BCUT2D eigenvalue weighted by molar-refractivity contribution is -0.152. The van der Waals surface area contributed by atoms with Crippen molar-refractivity contribution in [3.05, 3.63) is 0 Å². The maximum atomic E-state index is 15.2. The van der Waals surface area contributed by atoms with Crippen LogP contribution in [0.1, 0.15) is 216 Å². The van der Waals surface area contributed by atoms with Gasteiger partial charge in [-0.3, -0.25) is 27.7 Å². The number of hydrogen-bond donors (Lipinski definition) is 0. The summed E-state index contributed by atoms with van der Waals surface area (Å²) in [7, 11) is -3.92. The molecule has 20 unspecified atom stereocenters. The summed E-state index contributed by atoms with van der Waals surface area (Å²) >= 11 is 0. The second kappa shape index (κ2) is 21.7. The van der Waals surface area contributed by atoms with Crippen LogP contribution in [0.3, 0.4) is 0 Å². The van der Waals surface area contributed by atoms with Gasteiger partial charge in [-0.2, -0.15) is 0 Å². The molecule has 0 bridgehead atoms. The van der Waals surface area contributed by atoms with Crippen molar-refractivity contribution in [2.24, 2.45) is 140 Å². The molecule has 0 amide bonds. The summed E-state index contributed by atoms with van der Waals surface area (Å²) in [6.45, 7) is 48.3. The van der Waals surface area contributed by atoms with Crippen molar-refractivity contribution in [3.8, 4) is 0 Å². The first-order valence-corrected chi connectivity index (χ1v) is 32.3.